The Kier molecular flexibility index (Phi) is 7.05. The average Bonchev–Trinajstić information content (AvgIpc) is 3.53. The van der Waals surface area contributed by atoms with Crippen LogP contribution in [0.3, 0.4) is 0 Å². The fraction of sp³-hybridized carbons (Fsp3) is 0.583. The van der Waals surface area contributed by atoms with Gasteiger partial charge in [-0.25, -0.2) is 8.78 Å². The Morgan fingerprint density at radius 2 is 1.91 bits per heavy atom. The highest BCUT2D eigenvalue weighted by Gasteiger charge is 2.38. The molecule has 0 atom stereocenters. The third kappa shape index (κ3) is 5.75. The van der Waals surface area contributed by atoms with Crippen molar-refractivity contribution in [3.8, 4) is 0 Å². The van der Waals surface area contributed by atoms with Crippen molar-refractivity contribution in [1.82, 2.24) is 20.4 Å². The molecule has 1 aromatic heterocycles. The third-order valence-corrected chi connectivity index (χ3v) is 6.49. The number of amides is 2. The Balaban J connectivity index is 1.42. The molecular weight excluding hydrogens is 430 g/mol. The molecule has 33 heavy (non-hydrogen) atoms. The van der Waals surface area contributed by atoms with Crippen LogP contribution in [0.2, 0.25) is 0 Å². The maximum atomic E-state index is 14.1. The number of rotatable bonds is 8. The van der Waals surface area contributed by atoms with Crippen LogP contribution >= 0.6 is 0 Å². The first-order valence-corrected chi connectivity index (χ1v) is 11.7. The first-order chi connectivity index (χ1) is 15.9. The lowest BCUT2D eigenvalue weighted by Crippen LogP contribution is -2.45. The van der Waals surface area contributed by atoms with Gasteiger partial charge in [-0.15, -0.1) is 0 Å². The second kappa shape index (κ2) is 9.97. The van der Waals surface area contributed by atoms with E-state index in [0.717, 1.165) is 57.4 Å². The van der Waals surface area contributed by atoms with Gasteiger partial charge in [-0.1, -0.05) is 36.9 Å². The molecule has 4 rings (SSSR count). The number of halogens is 2. The number of aromatic nitrogens is 2. The number of hydrogen-bond donors (Lipinski definition) is 1. The summed E-state index contributed by atoms with van der Waals surface area (Å²) in [7, 11) is 0. The van der Waals surface area contributed by atoms with Gasteiger partial charge in [-0.05, 0) is 31.7 Å². The average molecular weight is 461 g/mol. The van der Waals surface area contributed by atoms with E-state index in [9.17, 15) is 18.4 Å². The summed E-state index contributed by atoms with van der Waals surface area (Å²) in [4.78, 5) is 31.0. The van der Waals surface area contributed by atoms with E-state index >= 15 is 0 Å². The molecule has 1 heterocycles. The monoisotopic (exact) mass is 460 g/mol. The number of aryl methyl sites for hydroxylation is 1. The smallest absolute Gasteiger partial charge is 0.227 e. The maximum Gasteiger partial charge on any atom is 0.227 e. The second-order valence-electron chi connectivity index (χ2n) is 9.18. The molecule has 0 unspecified atom stereocenters. The van der Waals surface area contributed by atoms with Crippen molar-refractivity contribution in [2.24, 2.45) is 0 Å². The lowest BCUT2D eigenvalue weighted by Gasteiger charge is -2.30. The van der Waals surface area contributed by atoms with E-state index in [1.165, 1.54) is 19.1 Å². The van der Waals surface area contributed by atoms with Crippen molar-refractivity contribution in [3.05, 3.63) is 47.1 Å². The summed E-state index contributed by atoms with van der Waals surface area (Å²) in [6.45, 7) is 1.60. The first kappa shape index (κ1) is 23.3. The van der Waals surface area contributed by atoms with E-state index in [1.807, 2.05) is 0 Å². The van der Waals surface area contributed by atoms with Gasteiger partial charge in [0.05, 0.1) is 0 Å². The summed E-state index contributed by atoms with van der Waals surface area (Å²) in [5.41, 5.74) is -0.337. The fourth-order valence-corrected chi connectivity index (χ4v) is 4.62. The van der Waals surface area contributed by atoms with Crippen molar-refractivity contribution in [1.29, 1.82) is 0 Å². The molecule has 2 saturated carbocycles. The number of carbonyl (C=O) groups excluding carboxylic acids is 2. The van der Waals surface area contributed by atoms with E-state index in [1.54, 1.807) is 4.90 Å². The molecule has 7 nitrogen and oxygen atoms in total. The Labute approximate surface area is 191 Å². The number of hydrogen-bond acceptors (Lipinski definition) is 5. The van der Waals surface area contributed by atoms with Crippen molar-refractivity contribution in [2.75, 3.05) is 0 Å². The largest absolute Gasteiger partial charge is 0.343 e. The zero-order valence-electron chi connectivity index (χ0n) is 18.9. The molecule has 2 aliphatic carbocycles. The van der Waals surface area contributed by atoms with Gasteiger partial charge in [0.2, 0.25) is 17.7 Å². The highest BCUT2D eigenvalue weighted by molar-refractivity contribution is 5.77. The molecule has 0 bridgehead atoms. The predicted octanol–water partition coefficient (Wildman–Crippen LogP) is 4.16. The summed E-state index contributed by atoms with van der Waals surface area (Å²) in [6, 6.07) is 3.50. The zero-order chi connectivity index (χ0) is 23.4. The van der Waals surface area contributed by atoms with Crippen LogP contribution in [0.15, 0.2) is 22.7 Å². The van der Waals surface area contributed by atoms with Crippen LogP contribution in [0.4, 0.5) is 8.78 Å². The van der Waals surface area contributed by atoms with Crippen molar-refractivity contribution < 1.29 is 22.9 Å². The van der Waals surface area contributed by atoms with Gasteiger partial charge in [0.1, 0.15) is 17.2 Å². The van der Waals surface area contributed by atoms with E-state index in [2.05, 4.69) is 15.5 Å². The SMILES string of the molecule is CC(=O)NC1(c2noc(CCC(=O)N(Cc3ccc(F)cc3F)C3CC3)n2)CCCCCC1. The van der Waals surface area contributed by atoms with Gasteiger partial charge in [-0.3, -0.25) is 9.59 Å². The number of nitrogens with zero attached hydrogens (tertiary/aromatic N) is 3. The van der Waals surface area contributed by atoms with Gasteiger partial charge in [0, 0.05) is 44.0 Å². The highest BCUT2D eigenvalue weighted by atomic mass is 19.1. The molecule has 9 heteroatoms. The molecule has 2 aromatic rings. The minimum absolute atomic E-state index is 0.0780. The molecule has 0 aliphatic heterocycles. The van der Waals surface area contributed by atoms with E-state index in [-0.39, 0.29) is 37.2 Å². The third-order valence-electron chi connectivity index (χ3n) is 6.49. The maximum absolute atomic E-state index is 14.1. The van der Waals surface area contributed by atoms with Crippen LogP contribution in [0, 0.1) is 11.6 Å². The van der Waals surface area contributed by atoms with Crippen LogP contribution in [0.5, 0.6) is 0 Å². The molecule has 0 radical (unpaired) electrons. The molecule has 0 spiro atoms. The Hall–Kier alpha value is -2.84. The fourth-order valence-electron chi connectivity index (χ4n) is 4.62. The van der Waals surface area contributed by atoms with Crippen molar-refractivity contribution in [2.45, 2.75) is 89.3 Å². The van der Waals surface area contributed by atoms with Crippen molar-refractivity contribution >= 4 is 11.8 Å². The quantitative estimate of drug-likeness (QED) is 0.598. The molecule has 1 aromatic carbocycles. The first-order valence-electron chi connectivity index (χ1n) is 11.7. The van der Waals surface area contributed by atoms with Crippen LogP contribution in [0.1, 0.15) is 82.0 Å². The summed E-state index contributed by atoms with van der Waals surface area (Å²) < 4.78 is 32.8. The summed E-state index contributed by atoms with van der Waals surface area (Å²) in [6.07, 6.45) is 7.81. The lowest BCUT2D eigenvalue weighted by molar-refractivity contribution is -0.132. The normalized spacial score (nSPS) is 17.9. The molecule has 2 aliphatic rings. The highest BCUT2D eigenvalue weighted by Crippen LogP contribution is 2.35. The molecule has 1 N–H and O–H groups in total. The lowest BCUT2D eigenvalue weighted by atomic mass is 9.89. The summed E-state index contributed by atoms with van der Waals surface area (Å²) in [5.74, 6) is -0.746. The Morgan fingerprint density at radius 3 is 2.55 bits per heavy atom. The summed E-state index contributed by atoms with van der Waals surface area (Å²) in [5, 5.41) is 7.20. The molecular formula is C24H30F2N4O3. The van der Waals surface area contributed by atoms with E-state index in [0.29, 0.717) is 17.3 Å². The van der Waals surface area contributed by atoms with E-state index in [4.69, 9.17) is 4.52 Å². The Bertz CT molecular complexity index is 997. The Morgan fingerprint density at radius 1 is 1.18 bits per heavy atom. The van der Waals surface area contributed by atoms with Gasteiger partial charge in [-0.2, -0.15) is 4.98 Å². The second-order valence-corrected chi connectivity index (χ2v) is 9.18. The molecule has 2 amide bonds. The number of nitrogens with one attached hydrogen (secondary N) is 1. The van der Waals surface area contributed by atoms with Crippen LogP contribution in [-0.4, -0.2) is 32.9 Å². The molecule has 2 fully saturated rings. The topological polar surface area (TPSA) is 88.3 Å². The minimum Gasteiger partial charge on any atom is -0.343 e. The molecule has 0 saturated heterocycles. The van der Waals surface area contributed by atoms with Gasteiger partial charge < -0.3 is 14.7 Å². The number of carbonyl (C=O) groups is 2. The minimum atomic E-state index is -0.651. The van der Waals surface area contributed by atoms with E-state index < -0.39 is 17.2 Å². The molecule has 178 valence electrons. The van der Waals surface area contributed by atoms with Crippen LogP contribution in [0.25, 0.3) is 0 Å². The standard InChI is InChI=1S/C24H30F2N4O3/c1-16(31)28-24(12-4-2-3-5-13-24)23-27-21(33-29-23)10-11-22(32)30(19-8-9-19)15-17-6-7-18(25)14-20(17)26/h6-7,14,19H,2-5,8-13,15H2,1H3,(H,28,31). The zero-order valence-corrected chi connectivity index (χ0v) is 18.9. The van der Waals surface area contributed by atoms with Crippen molar-refractivity contribution in [3.63, 3.8) is 0 Å². The number of benzene rings is 1. The summed E-state index contributed by atoms with van der Waals surface area (Å²) >= 11 is 0. The van der Waals surface area contributed by atoms with Gasteiger partial charge in [0.25, 0.3) is 0 Å². The van der Waals surface area contributed by atoms with Gasteiger partial charge in [0.15, 0.2) is 5.82 Å². The van der Waals surface area contributed by atoms with Crippen LogP contribution < -0.4 is 5.32 Å². The van der Waals surface area contributed by atoms with Gasteiger partial charge >= 0.3 is 0 Å². The van der Waals surface area contributed by atoms with Crippen LogP contribution in [-0.2, 0) is 28.1 Å². The predicted molar refractivity (Wildman–Crippen MR) is 116 cm³/mol.